The van der Waals surface area contributed by atoms with E-state index in [1.165, 1.54) is 11.9 Å². The van der Waals surface area contributed by atoms with Crippen molar-refractivity contribution in [3.8, 4) is 0 Å². The first kappa shape index (κ1) is 14.1. The Morgan fingerprint density at radius 2 is 2.06 bits per heavy atom. The molecule has 6 heteroatoms. The summed E-state index contributed by atoms with van der Waals surface area (Å²) < 4.78 is 36.1. The summed E-state index contributed by atoms with van der Waals surface area (Å²) in [7, 11) is 1.44. The predicted octanol–water partition coefficient (Wildman–Crippen LogP) is 3.25. The van der Waals surface area contributed by atoms with Gasteiger partial charge < -0.3 is 5.32 Å². The lowest BCUT2D eigenvalue weighted by atomic mass is 10.3. The number of benzene rings is 1. The van der Waals surface area contributed by atoms with Crippen LogP contribution < -0.4 is 5.32 Å². The van der Waals surface area contributed by atoms with Gasteiger partial charge in [-0.3, -0.25) is 4.90 Å². The molecule has 0 unspecified atom stereocenters. The van der Waals surface area contributed by atoms with Gasteiger partial charge in [-0.2, -0.15) is 13.2 Å². The van der Waals surface area contributed by atoms with Crippen LogP contribution in [0.5, 0.6) is 0 Å². The van der Waals surface area contributed by atoms with E-state index in [1.54, 1.807) is 18.2 Å². The summed E-state index contributed by atoms with van der Waals surface area (Å²) in [6.45, 7) is -0.150. The van der Waals surface area contributed by atoms with Crippen molar-refractivity contribution in [2.75, 3.05) is 32.0 Å². The molecule has 17 heavy (non-hydrogen) atoms. The number of likely N-dealkylation sites (N-methyl/N-ethyl adjacent to an activating group) is 1. The number of hydrogen-bond donors (Lipinski definition) is 1. The fourth-order valence-electron chi connectivity index (χ4n) is 1.37. The average molecular weight is 267 g/mol. The molecule has 0 aliphatic rings. The summed E-state index contributed by atoms with van der Waals surface area (Å²) in [5.74, 6) is 0. The average Bonchev–Trinajstić information content (AvgIpc) is 2.14. The molecule has 1 N–H and O–H groups in total. The van der Waals surface area contributed by atoms with Gasteiger partial charge in [-0.1, -0.05) is 17.7 Å². The van der Waals surface area contributed by atoms with Crippen molar-refractivity contribution in [1.82, 2.24) is 4.90 Å². The van der Waals surface area contributed by atoms with Crippen molar-refractivity contribution >= 4 is 17.3 Å². The number of anilines is 1. The minimum Gasteiger partial charge on any atom is -0.384 e. The Kier molecular flexibility index (Phi) is 5.08. The van der Waals surface area contributed by atoms with E-state index in [2.05, 4.69) is 5.32 Å². The zero-order valence-corrected chi connectivity index (χ0v) is 10.1. The van der Waals surface area contributed by atoms with Crippen LogP contribution in [-0.4, -0.2) is 37.8 Å². The Balaban J connectivity index is 2.28. The van der Waals surface area contributed by atoms with Gasteiger partial charge in [-0.25, -0.2) is 0 Å². The molecule has 0 amide bonds. The molecular formula is C11H14ClF3N2. The monoisotopic (exact) mass is 266 g/mol. The van der Waals surface area contributed by atoms with E-state index in [1.807, 2.05) is 6.07 Å². The quantitative estimate of drug-likeness (QED) is 0.880. The van der Waals surface area contributed by atoms with Crippen molar-refractivity contribution in [2.24, 2.45) is 0 Å². The maximum atomic E-state index is 12.0. The number of halogens is 4. The Morgan fingerprint density at radius 1 is 1.35 bits per heavy atom. The highest BCUT2D eigenvalue weighted by Crippen LogP contribution is 2.16. The maximum absolute atomic E-state index is 12.0. The molecule has 1 aromatic rings. The second-order valence-corrected chi connectivity index (χ2v) is 4.23. The fraction of sp³-hybridized carbons (Fsp3) is 0.455. The molecule has 0 saturated carbocycles. The third-order valence-electron chi connectivity index (χ3n) is 2.10. The van der Waals surface area contributed by atoms with Crippen LogP contribution in [0, 0.1) is 0 Å². The smallest absolute Gasteiger partial charge is 0.384 e. The van der Waals surface area contributed by atoms with Gasteiger partial charge in [0, 0.05) is 23.8 Å². The van der Waals surface area contributed by atoms with E-state index in [9.17, 15) is 13.2 Å². The second kappa shape index (κ2) is 6.12. The van der Waals surface area contributed by atoms with Crippen LogP contribution in [-0.2, 0) is 0 Å². The Bertz CT molecular complexity index is 355. The summed E-state index contributed by atoms with van der Waals surface area (Å²) in [4.78, 5) is 1.22. The van der Waals surface area contributed by atoms with Gasteiger partial charge in [-0.15, -0.1) is 0 Å². The van der Waals surface area contributed by atoms with E-state index in [0.29, 0.717) is 18.1 Å². The first-order chi connectivity index (χ1) is 7.87. The van der Waals surface area contributed by atoms with Crippen molar-refractivity contribution in [2.45, 2.75) is 6.18 Å². The molecule has 0 heterocycles. The van der Waals surface area contributed by atoms with Gasteiger partial charge in [0.15, 0.2) is 0 Å². The standard InChI is InChI=1S/C11H14ClF3N2/c1-17(8-11(13,14)15)6-5-16-10-4-2-3-9(12)7-10/h2-4,7,16H,5-6,8H2,1H3. The van der Waals surface area contributed by atoms with E-state index in [0.717, 1.165) is 5.69 Å². The molecular weight excluding hydrogens is 253 g/mol. The number of hydrogen-bond acceptors (Lipinski definition) is 2. The van der Waals surface area contributed by atoms with Gasteiger partial charge in [0.2, 0.25) is 0 Å². The second-order valence-electron chi connectivity index (χ2n) is 3.79. The highest BCUT2D eigenvalue weighted by atomic mass is 35.5. The number of rotatable bonds is 5. The lowest BCUT2D eigenvalue weighted by molar-refractivity contribution is -0.142. The predicted molar refractivity (Wildman–Crippen MR) is 63.5 cm³/mol. The molecule has 0 saturated heterocycles. The Labute approximate surface area is 103 Å². The summed E-state index contributed by atoms with van der Waals surface area (Å²) >= 11 is 5.77. The third kappa shape index (κ3) is 6.38. The van der Waals surface area contributed by atoms with E-state index in [4.69, 9.17) is 11.6 Å². The summed E-state index contributed by atoms with van der Waals surface area (Å²) in [5.41, 5.74) is 0.804. The van der Waals surface area contributed by atoms with E-state index < -0.39 is 12.7 Å². The Hall–Kier alpha value is -0.940. The first-order valence-corrected chi connectivity index (χ1v) is 5.49. The van der Waals surface area contributed by atoms with Crippen LogP contribution >= 0.6 is 11.6 Å². The molecule has 0 aliphatic carbocycles. The van der Waals surface area contributed by atoms with Crippen LogP contribution in [0.25, 0.3) is 0 Å². The fourth-order valence-corrected chi connectivity index (χ4v) is 1.56. The summed E-state index contributed by atoms with van der Waals surface area (Å²) in [6.07, 6.45) is -4.15. The SMILES string of the molecule is CN(CCNc1cccc(Cl)c1)CC(F)(F)F. The lowest BCUT2D eigenvalue weighted by Crippen LogP contribution is -2.34. The lowest BCUT2D eigenvalue weighted by Gasteiger charge is -2.18. The van der Waals surface area contributed by atoms with Gasteiger partial charge in [0.25, 0.3) is 0 Å². The van der Waals surface area contributed by atoms with Gasteiger partial charge in [-0.05, 0) is 25.2 Å². The molecule has 1 aromatic carbocycles. The highest BCUT2D eigenvalue weighted by Gasteiger charge is 2.28. The van der Waals surface area contributed by atoms with Crippen LogP contribution in [0.1, 0.15) is 0 Å². The highest BCUT2D eigenvalue weighted by molar-refractivity contribution is 6.30. The number of alkyl halides is 3. The molecule has 0 fully saturated rings. The molecule has 0 spiro atoms. The van der Waals surface area contributed by atoms with Gasteiger partial charge in [0.1, 0.15) is 0 Å². The molecule has 0 radical (unpaired) electrons. The third-order valence-corrected chi connectivity index (χ3v) is 2.33. The minimum absolute atomic E-state index is 0.312. The Morgan fingerprint density at radius 3 is 2.65 bits per heavy atom. The van der Waals surface area contributed by atoms with Crippen molar-refractivity contribution in [1.29, 1.82) is 0 Å². The minimum atomic E-state index is -4.15. The molecule has 0 atom stereocenters. The van der Waals surface area contributed by atoms with Crippen molar-refractivity contribution < 1.29 is 13.2 Å². The first-order valence-electron chi connectivity index (χ1n) is 5.11. The largest absolute Gasteiger partial charge is 0.401 e. The van der Waals surface area contributed by atoms with Crippen LogP contribution in [0.2, 0.25) is 5.02 Å². The topological polar surface area (TPSA) is 15.3 Å². The molecule has 96 valence electrons. The normalized spacial score (nSPS) is 11.9. The van der Waals surface area contributed by atoms with Crippen molar-refractivity contribution in [3.05, 3.63) is 29.3 Å². The van der Waals surface area contributed by atoms with Gasteiger partial charge >= 0.3 is 6.18 Å². The molecule has 0 aromatic heterocycles. The zero-order valence-electron chi connectivity index (χ0n) is 9.39. The summed E-state index contributed by atoms with van der Waals surface area (Å²) in [5, 5.41) is 3.60. The maximum Gasteiger partial charge on any atom is 0.401 e. The van der Waals surface area contributed by atoms with Gasteiger partial charge in [0.05, 0.1) is 6.54 Å². The molecule has 0 bridgehead atoms. The van der Waals surface area contributed by atoms with Crippen LogP contribution in [0.15, 0.2) is 24.3 Å². The van der Waals surface area contributed by atoms with Crippen LogP contribution in [0.3, 0.4) is 0 Å². The van der Waals surface area contributed by atoms with E-state index >= 15 is 0 Å². The zero-order chi connectivity index (χ0) is 12.9. The van der Waals surface area contributed by atoms with Crippen molar-refractivity contribution in [3.63, 3.8) is 0 Å². The summed E-state index contributed by atoms with van der Waals surface area (Å²) in [6, 6.07) is 7.06. The number of nitrogens with one attached hydrogen (secondary N) is 1. The molecule has 1 rings (SSSR count). The molecule has 0 aliphatic heterocycles. The number of nitrogens with zero attached hydrogens (tertiary/aromatic N) is 1. The molecule has 2 nitrogen and oxygen atoms in total. The van der Waals surface area contributed by atoms with E-state index in [-0.39, 0.29) is 0 Å². The van der Waals surface area contributed by atoms with Crippen LogP contribution in [0.4, 0.5) is 18.9 Å².